The second kappa shape index (κ2) is 4.28. The van der Waals surface area contributed by atoms with Gasteiger partial charge in [-0.3, -0.25) is 4.79 Å². The van der Waals surface area contributed by atoms with Crippen LogP contribution in [0.25, 0.3) is 0 Å². The van der Waals surface area contributed by atoms with E-state index >= 15 is 0 Å². The number of anilines is 1. The summed E-state index contributed by atoms with van der Waals surface area (Å²) in [5.74, 6) is -1.22. The standard InChI is InChI=1S/C8H6BrF3N2O2/c9-7-3(8(10,11)12)1-4(13)5(14-7)2-6(15)16/h1H,2,13H2,(H,15,16). The van der Waals surface area contributed by atoms with Gasteiger partial charge in [-0.25, -0.2) is 4.98 Å². The lowest BCUT2D eigenvalue weighted by molar-refractivity contribution is -0.138. The lowest BCUT2D eigenvalue weighted by Gasteiger charge is -2.11. The predicted molar refractivity (Wildman–Crippen MR) is 52.7 cm³/mol. The van der Waals surface area contributed by atoms with E-state index in [4.69, 9.17) is 10.8 Å². The molecule has 1 rings (SSSR count). The summed E-state index contributed by atoms with van der Waals surface area (Å²) in [5, 5.41) is 8.48. The number of pyridine rings is 1. The molecule has 0 saturated carbocycles. The smallest absolute Gasteiger partial charge is 0.419 e. The fourth-order valence-corrected chi connectivity index (χ4v) is 1.58. The van der Waals surface area contributed by atoms with Crippen LogP contribution in [0.1, 0.15) is 11.3 Å². The first-order valence-corrected chi connectivity index (χ1v) is 4.75. The molecule has 88 valence electrons. The first kappa shape index (κ1) is 12.8. The molecular formula is C8H6BrF3N2O2. The number of hydrogen-bond acceptors (Lipinski definition) is 3. The van der Waals surface area contributed by atoms with Gasteiger partial charge in [0.05, 0.1) is 23.4 Å². The highest BCUT2D eigenvalue weighted by Gasteiger charge is 2.34. The van der Waals surface area contributed by atoms with E-state index in [0.29, 0.717) is 6.07 Å². The molecule has 0 unspecified atom stereocenters. The highest BCUT2D eigenvalue weighted by Crippen LogP contribution is 2.35. The van der Waals surface area contributed by atoms with Crippen LogP contribution in [0.3, 0.4) is 0 Å². The van der Waals surface area contributed by atoms with Gasteiger partial charge in [-0.2, -0.15) is 13.2 Å². The van der Waals surface area contributed by atoms with Crippen molar-refractivity contribution in [3.8, 4) is 0 Å². The third-order valence-electron chi connectivity index (χ3n) is 1.71. The summed E-state index contributed by atoms with van der Waals surface area (Å²) in [5.41, 5.74) is 3.86. The van der Waals surface area contributed by atoms with Crippen molar-refractivity contribution in [3.05, 3.63) is 21.9 Å². The number of alkyl halides is 3. The normalized spacial score (nSPS) is 11.5. The molecule has 0 fully saturated rings. The quantitative estimate of drug-likeness (QED) is 0.820. The Bertz CT molecular complexity index is 434. The van der Waals surface area contributed by atoms with E-state index in [9.17, 15) is 18.0 Å². The maximum absolute atomic E-state index is 12.4. The number of rotatable bonds is 2. The monoisotopic (exact) mass is 298 g/mol. The van der Waals surface area contributed by atoms with Crippen molar-refractivity contribution in [1.29, 1.82) is 0 Å². The second-order valence-corrected chi connectivity index (χ2v) is 3.68. The molecule has 0 saturated heterocycles. The fraction of sp³-hybridized carbons (Fsp3) is 0.250. The van der Waals surface area contributed by atoms with Gasteiger partial charge in [0.15, 0.2) is 0 Å². The Morgan fingerprint density at radius 3 is 2.56 bits per heavy atom. The molecule has 16 heavy (non-hydrogen) atoms. The number of nitrogen functional groups attached to an aromatic ring is 1. The third-order valence-corrected chi connectivity index (χ3v) is 2.32. The number of aromatic nitrogens is 1. The van der Waals surface area contributed by atoms with Crippen molar-refractivity contribution in [2.75, 3.05) is 5.73 Å². The zero-order valence-electron chi connectivity index (χ0n) is 7.68. The van der Waals surface area contributed by atoms with Crippen LogP contribution in [0, 0.1) is 0 Å². The van der Waals surface area contributed by atoms with Gasteiger partial charge in [-0.15, -0.1) is 0 Å². The highest BCUT2D eigenvalue weighted by atomic mass is 79.9. The maximum atomic E-state index is 12.4. The first-order chi connectivity index (χ1) is 7.21. The van der Waals surface area contributed by atoms with E-state index in [1.54, 1.807) is 0 Å². The minimum absolute atomic E-state index is 0.104. The lowest BCUT2D eigenvalue weighted by atomic mass is 10.2. The molecule has 0 spiro atoms. The van der Waals surface area contributed by atoms with Crippen LogP contribution in [0.4, 0.5) is 18.9 Å². The molecule has 1 aromatic heterocycles. The van der Waals surface area contributed by atoms with Crippen LogP contribution in [0.5, 0.6) is 0 Å². The Morgan fingerprint density at radius 2 is 2.12 bits per heavy atom. The van der Waals surface area contributed by atoms with Crippen LogP contribution in [0.15, 0.2) is 10.7 Å². The summed E-state index contributed by atoms with van der Waals surface area (Å²) in [4.78, 5) is 13.9. The zero-order chi connectivity index (χ0) is 12.5. The molecule has 0 radical (unpaired) electrons. The van der Waals surface area contributed by atoms with Crippen LogP contribution >= 0.6 is 15.9 Å². The van der Waals surface area contributed by atoms with Gasteiger partial charge in [0, 0.05) is 0 Å². The third kappa shape index (κ3) is 2.84. The summed E-state index contributed by atoms with van der Waals surface area (Å²) in [6.45, 7) is 0. The SMILES string of the molecule is Nc1cc(C(F)(F)F)c(Br)nc1CC(=O)O. The van der Waals surface area contributed by atoms with E-state index in [-0.39, 0.29) is 11.4 Å². The van der Waals surface area contributed by atoms with Crippen LogP contribution < -0.4 is 5.73 Å². The second-order valence-electron chi connectivity index (χ2n) is 2.93. The van der Waals surface area contributed by atoms with Gasteiger partial charge < -0.3 is 10.8 Å². The maximum Gasteiger partial charge on any atom is 0.419 e. The number of carboxylic acids is 1. The van der Waals surface area contributed by atoms with E-state index in [2.05, 4.69) is 20.9 Å². The number of aliphatic carboxylic acids is 1. The van der Waals surface area contributed by atoms with E-state index in [1.165, 1.54) is 0 Å². The molecule has 1 heterocycles. The first-order valence-electron chi connectivity index (χ1n) is 3.95. The van der Waals surface area contributed by atoms with Crippen molar-refractivity contribution >= 4 is 27.6 Å². The minimum atomic E-state index is -4.58. The predicted octanol–water partition coefficient (Wildman–Crippen LogP) is 2.07. The van der Waals surface area contributed by atoms with E-state index in [0.717, 1.165) is 0 Å². The Labute approximate surface area is 96.4 Å². The zero-order valence-corrected chi connectivity index (χ0v) is 9.26. The van der Waals surface area contributed by atoms with Crippen molar-refractivity contribution in [2.24, 2.45) is 0 Å². The van der Waals surface area contributed by atoms with Crippen LogP contribution in [-0.2, 0) is 17.4 Å². The molecule has 0 bridgehead atoms. The molecule has 0 atom stereocenters. The molecule has 4 nitrogen and oxygen atoms in total. The number of nitrogens with two attached hydrogens (primary N) is 1. The average molecular weight is 299 g/mol. The average Bonchev–Trinajstić information content (AvgIpc) is 2.07. The van der Waals surface area contributed by atoms with Gasteiger partial charge in [0.1, 0.15) is 4.60 Å². The van der Waals surface area contributed by atoms with Crippen molar-refractivity contribution in [3.63, 3.8) is 0 Å². The Balaban J connectivity index is 3.22. The van der Waals surface area contributed by atoms with Crippen LogP contribution in [0.2, 0.25) is 0 Å². The summed E-state index contributed by atoms with van der Waals surface area (Å²) in [6, 6.07) is 0.662. The molecule has 0 aliphatic heterocycles. The van der Waals surface area contributed by atoms with Gasteiger partial charge >= 0.3 is 12.1 Å². The van der Waals surface area contributed by atoms with E-state index < -0.39 is 28.7 Å². The van der Waals surface area contributed by atoms with Gasteiger partial charge in [-0.1, -0.05) is 0 Å². The highest BCUT2D eigenvalue weighted by molar-refractivity contribution is 9.10. The molecule has 3 N–H and O–H groups in total. The van der Waals surface area contributed by atoms with Crippen molar-refractivity contribution < 1.29 is 23.1 Å². The molecule has 0 aliphatic rings. The van der Waals surface area contributed by atoms with E-state index in [1.807, 2.05) is 0 Å². The molecule has 0 aromatic carbocycles. The fourth-order valence-electron chi connectivity index (χ4n) is 1.03. The molecule has 0 amide bonds. The Morgan fingerprint density at radius 1 is 1.56 bits per heavy atom. The number of halogens is 4. The topological polar surface area (TPSA) is 76.2 Å². The minimum Gasteiger partial charge on any atom is -0.481 e. The number of carbonyl (C=O) groups is 1. The van der Waals surface area contributed by atoms with Gasteiger partial charge in [0.2, 0.25) is 0 Å². The van der Waals surface area contributed by atoms with Crippen LogP contribution in [-0.4, -0.2) is 16.1 Å². The molecule has 0 aliphatic carbocycles. The number of hydrogen-bond donors (Lipinski definition) is 2. The van der Waals surface area contributed by atoms with Crippen molar-refractivity contribution in [2.45, 2.75) is 12.6 Å². The Hall–Kier alpha value is -1.31. The number of carboxylic acid groups (broad SMARTS) is 1. The lowest BCUT2D eigenvalue weighted by Crippen LogP contribution is -2.12. The molecular weight excluding hydrogens is 293 g/mol. The summed E-state index contributed by atoms with van der Waals surface area (Å²) >= 11 is 2.63. The number of nitrogens with zero attached hydrogens (tertiary/aromatic N) is 1. The molecule has 8 heteroatoms. The Kier molecular flexibility index (Phi) is 3.41. The summed E-state index contributed by atoms with van der Waals surface area (Å²) < 4.78 is 36.7. The van der Waals surface area contributed by atoms with Gasteiger partial charge in [-0.05, 0) is 22.0 Å². The van der Waals surface area contributed by atoms with Gasteiger partial charge in [0.25, 0.3) is 0 Å². The van der Waals surface area contributed by atoms with Crippen molar-refractivity contribution in [1.82, 2.24) is 4.98 Å². The summed E-state index contributed by atoms with van der Waals surface area (Å²) in [7, 11) is 0. The molecule has 1 aromatic rings. The summed E-state index contributed by atoms with van der Waals surface area (Å²) in [6.07, 6.45) is -5.11. The largest absolute Gasteiger partial charge is 0.481 e.